The molecule has 0 aliphatic rings. The van der Waals surface area contributed by atoms with Gasteiger partial charge in [-0.05, 0) is 28.8 Å². The first-order chi connectivity index (χ1) is 7.56. The molecule has 1 heterocycles. The lowest BCUT2D eigenvalue weighted by Crippen LogP contribution is -2.29. The minimum absolute atomic E-state index is 0.140. The van der Waals surface area contributed by atoms with Crippen LogP contribution in [0.4, 0.5) is 0 Å². The normalized spacial score (nSPS) is 12.2. The minimum atomic E-state index is -3.15. The highest BCUT2D eigenvalue weighted by molar-refractivity contribution is 7.89. The van der Waals surface area contributed by atoms with Gasteiger partial charge in [0.25, 0.3) is 0 Å². The zero-order chi connectivity index (χ0) is 12.0. The molecule has 0 aromatic carbocycles. The van der Waals surface area contributed by atoms with Gasteiger partial charge < -0.3 is 4.74 Å². The fraction of sp³-hybridized carbons (Fsp3) is 0.600. The Morgan fingerprint density at radius 1 is 1.50 bits per heavy atom. The van der Waals surface area contributed by atoms with Crippen LogP contribution in [0.1, 0.15) is 12.0 Å². The van der Waals surface area contributed by atoms with Crippen LogP contribution in [0.25, 0.3) is 0 Å². The van der Waals surface area contributed by atoms with Crippen molar-refractivity contribution in [2.24, 2.45) is 0 Å². The standard InChI is InChI=1S/C10H17NO3S2/c1-11(8-10-4-6-15-9-10)16(12,13)7-3-5-14-2/h4,6,9H,3,5,7-8H2,1-2H3. The highest BCUT2D eigenvalue weighted by Crippen LogP contribution is 2.11. The lowest BCUT2D eigenvalue weighted by atomic mass is 10.3. The molecular weight excluding hydrogens is 246 g/mol. The van der Waals surface area contributed by atoms with Crippen LogP contribution in [0.5, 0.6) is 0 Å². The molecule has 0 saturated carbocycles. The van der Waals surface area contributed by atoms with E-state index < -0.39 is 10.0 Å². The van der Waals surface area contributed by atoms with E-state index in [1.165, 1.54) is 4.31 Å². The molecule has 16 heavy (non-hydrogen) atoms. The summed E-state index contributed by atoms with van der Waals surface area (Å²) in [5.74, 6) is 0.140. The summed E-state index contributed by atoms with van der Waals surface area (Å²) in [5.41, 5.74) is 1.03. The zero-order valence-electron chi connectivity index (χ0n) is 9.55. The molecule has 0 unspecified atom stereocenters. The van der Waals surface area contributed by atoms with Gasteiger partial charge in [0.15, 0.2) is 0 Å². The monoisotopic (exact) mass is 263 g/mol. The maximum Gasteiger partial charge on any atom is 0.214 e. The van der Waals surface area contributed by atoms with Crippen molar-refractivity contribution in [1.29, 1.82) is 0 Å². The Kier molecular flexibility index (Phi) is 5.40. The first-order valence-corrected chi connectivity index (χ1v) is 7.55. The van der Waals surface area contributed by atoms with Crippen molar-refractivity contribution in [3.05, 3.63) is 22.4 Å². The van der Waals surface area contributed by atoms with Crippen molar-refractivity contribution in [1.82, 2.24) is 4.31 Å². The summed E-state index contributed by atoms with van der Waals surface area (Å²) < 4.78 is 29.8. The highest BCUT2D eigenvalue weighted by Gasteiger charge is 2.17. The molecule has 6 heteroatoms. The number of thiophene rings is 1. The highest BCUT2D eigenvalue weighted by atomic mass is 32.2. The third kappa shape index (κ3) is 4.21. The van der Waals surface area contributed by atoms with Gasteiger partial charge in [-0.15, -0.1) is 0 Å². The molecule has 0 spiro atoms. The molecule has 0 aliphatic heterocycles. The second-order valence-electron chi connectivity index (χ2n) is 3.55. The fourth-order valence-corrected chi connectivity index (χ4v) is 3.08. The molecule has 1 aromatic heterocycles. The van der Waals surface area contributed by atoms with Gasteiger partial charge in [-0.1, -0.05) is 0 Å². The first-order valence-electron chi connectivity index (χ1n) is 5.00. The SMILES string of the molecule is COCCCS(=O)(=O)N(C)Cc1ccsc1. The van der Waals surface area contributed by atoms with E-state index in [0.29, 0.717) is 19.6 Å². The lowest BCUT2D eigenvalue weighted by Gasteiger charge is -2.16. The number of ether oxygens (including phenoxy) is 1. The van der Waals surface area contributed by atoms with Gasteiger partial charge in [0.2, 0.25) is 10.0 Å². The van der Waals surface area contributed by atoms with Gasteiger partial charge in [0.1, 0.15) is 0 Å². The van der Waals surface area contributed by atoms with Gasteiger partial charge in [0, 0.05) is 27.3 Å². The maximum atomic E-state index is 11.8. The summed E-state index contributed by atoms with van der Waals surface area (Å²) >= 11 is 1.57. The molecule has 0 N–H and O–H groups in total. The summed E-state index contributed by atoms with van der Waals surface area (Å²) in [6, 6.07) is 1.94. The van der Waals surface area contributed by atoms with Crippen LogP contribution in [-0.2, 0) is 21.3 Å². The van der Waals surface area contributed by atoms with E-state index in [2.05, 4.69) is 0 Å². The molecule has 0 bridgehead atoms. The summed E-state index contributed by atoms with van der Waals surface area (Å²) in [6.07, 6.45) is 0.535. The number of methoxy groups -OCH3 is 1. The van der Waals surface area contributed by atoms with E-state index in [9.17, 15) is 8.42 Å². The number of rotatable bonds is 7. The Labute approximate surface area is 101 Å². The Morgan fingerprint density at radius 3 is 2.81 bits per heavy atom. The van der Waals surface area contributed by atoms with Gasteiger partial charge in [-0.25, -0.2) is 12.7 Å². The van der Waals surface area contributed by atoms with Crippen molar-refractivity contribution in [2.75, 3.05) is 26.5 Å². The Morgan fingerprint density at radius 2 is 2.25 bits per heavy atom. The molecule has 92 valence electrons. The molecule has 0 aliphatic carbocycles. The molecule has 1 rings (SSSR count). The van der Waals surface area contributed by atoms with Crippen LogP contribution in [-0.4, -0.2) is 39.2 Å². The largest absolute Gasteiger partial charge is 0.385 e. The Hall–Kier alpha value is -0.430. The van der Waals surface area contributed by atoms with Crippen LogP contribution in [0.2, 0.25) is 0 Å². The van der Waals surface area contributed by atoms with Crippen LogP contribution in [0.15, 0.2) is 16.8 Å². The molecule has 0 fully saturated rings. The summed E-state index contributed by atoms with van der Waals surface area (Å²) in [7, 11) is 0.0314. The van der Waals surface area contributed by atoms with E-state index in [-0.39, 0.29) is 5.75 Å². The van der Waals surface area contributed by atoms with E-state index in [4.69, 9.17) is 4.74 Å². The second-order valence-corrected chi connectivity index (χ2v) is 6.53. The van der Waals surface area contributed by atoms with Gasteiger partial charge in [-0.2, -0.15) is 11.3 Å². The average Bonchev–Trinajstić information content (AvgIpc) is 2.70. The molecule has 0 radical (unpaired) electrons. The number of hydrogen-bond acceptors (Lipinski definition) is 4. The topological polar surface area (TPSA) is 46.6 Å². The van der Waals surface area contributed by atoms with Crippen LogP contribution < -0.4 is 0 Å². The Balaban J connectivity index is 2.48. The van der Waals surface area contributed by atoms with E-state index in [0.717, 1.165) is 5.56 Å². The smallest absolute Gasteiger partial charge is 0.214 e. The number of sulfonamides is 1. The van der Waals surface area contributed by atoms with Crippen molar-refractivity contribution in [3.8, 4) is 0 Å². The predicted molar refractivity (Wildman–Crippen MR) is 66.1 cm³/mol. The molecule has 0 saturated heterocycles. The molecular formula is C10H17NO3S2. The summed E-state index contributed by atoms with van der Waals surface area (Å²) in [5, 5.41) is 3.90. The van der Waals surface area contributed by atoms with Crippen molar-refractivity contribution >= 4 is 21.4 Å². The second kappa shape index (κ2) is 6.34. The Bertz CT molecular complexity index is 386. The van der Waals surface area contributed by atoms with Crippen molar-refractivity contribution in [2.45, 2.75) is 13.0 Å². The van der Waals surface area contributed by atoms with E-state index >= 15 is 0 Å². The molecule has 1 aromatic rings. The fourth-order valence-electron chi connectivity index (χ4n) is 1.28. The zero-order valence-corrected chi connectivity index (χ0v) is 11.2. The summed E-state index contributed by atoms with van der Waals surface area (Å²) in [4.78, 5) is 0. The average molecular weight is 263 g/mol. The van der Waals surface area contributed by atoms with Crippen LogP contribution in [0, 0.1) is 0 Å². The van der Waals surface area contributed by atoms with Crippen molar-refractivity contribution in [3.63, 3.8) is 0 Å². The van der Waals surface area contributed by atoms with Gasteiger partial charge >= 0.3 is 0 Å². The van der Waals surface area contributed by atoms with E-state index in [1.807, 2.05) is 16.8 Å². The quantitative estimate of drug-likeness (QED) is 0.701. The first kappa shape index (κ1) is 13.6. The lowest BCUT2D eigenvalue weighted by molar-refractivity contribution is 0.199. The van der Waals surface area contributed by atoms with E-state index in [1.54, 1.807) is 25.5 Å². The predicted octanol–water partition coefficient (Wildman–Crippen LogP) is 1.55. The maximum absolute atomic E-state index is 11.8. The van der Waals surface area contributed by atoms with Gasteiger partial charge in [0.05, 0.1) is 5.75 Å². The molecule has 0 amide bonds. The van der Waals surface area contributed by atoms with Gasteiger partial charge in [-0.3, -0.25) is 0 Å². The van der Waals surface area contributed by atoms with Crippen LogP contribution >= 0.6 is 11.3 Å². The number of nitrogens with zero attached hydrogens (tertiary/aromatic N) is 1. The minimum Gasteiger partial charge on any atom is -0.385 e. The molecule has 0 atom stereocenters. The third-order valence-electron chi connectivity index (χ3n) is 2.21. The van der Waals surface area contributed by atoms with Crippen LogP contribution in [0.3, 0.4) is 0 Å². The third-order valence-corrected chi connectivity index (χ3v) is 4.83. The molecule has 4 nitrogen and oxygen atoms in total. The number of hydrogen-bond donors (Lipinski definition) is 0. The van der Waals surface area contributed by atoms with Crippen molar-refractivity contribution < 1.29 is 13.2 Å². The summed E-state index contributed by atoms with van der Waals surface area (Å²) in [6.45, 7) is 0.921.